The van der Waals surface area contributed by atoms with E-state index < -0.39 is 10.0 Å². The molecule has 0 aliphatic carbocycles. The van der Waals surface area contributed by atoms with Crippen LogP contribution in [0.1, 0.15) is 28.7 Å². The van der Waals surface area contributed by atoms with Crippen molar-refractivity contribution in [1.82, 2.24) is 0 Å². The van der Waals surface area contributed by atoms with Gasteiger partial charge in [-0.2, -0.15) is 0 Å². The highest BCUT2D eigenvalue weighted by molar-refractivity contribution is 7.92. The molecule has 3 aromatic rings. The number of hydrogen-bond donors (Lipinski definition) is 1. The van der Waals surface area contributed by atoms with Gasteiger partial charge in [0.2, 0.25) is 5.91 Å². The Balaban J connectivity index is 1.54. The zero-order valence-electron chi connectivity index (χ0n) is 17.8. The quantitative estimate of drug-likeness (QED) is 0.637. The van der Waals surface area contributed by atoms with Crippen molar-refractivity contribution in [2.24, 2.45) is 0 Å². The van der Waals surface area contributed by atoms with Gasteiger partial charge in [0, 0.05) is 12.2 Å². The van der Waals surface area contributed by atoms with Gasteiger partial charge in [-0.05, 0) is 68.1 Å². The average Bonchev–Trinajstić information content (AvgIpc) is 2.73. The van der Waals surface area contributed by atoms with Gasteiger partial charge in [-0.15, -0.1) is 0 Å². The molecule has 0 bridgehead atoms. The number of sulfonamides is 1. The number of nitrogens with one attached hydrogen (secondary N) is 1. The van der Waals surface area contributed by atoms with Crippen LogP contribution in [0, 0.1) is 13.8 Å². The smallest absolute Gasteiger partial charge is 0.264 e. The minimum absolute atomic E-state index is 0.0921. The van der Waals surface area contributed by atoms with E-state index in [1.807, 2.05) is 56.3 Å². The van der Waals surface area contributed by atoms with E-state index in [2.05, 4.69) is 5.32 Å². The first-order chi connectivity index (χ1) is 14.8. The lowest BCUT2D eigenvalue weighted by Gasteiger charge is -2.31. The highest BCUT2D eigenvalue weighted by Crippen LogP contribution is 2.34. The molecule has 0 spiro atoms. The van der Waals surface area contributed by atoms with E-state index in [-0.39, 0.29) is 5.91 Å². The predicted molar refractivity (Wildman–Crippen MR) is 124 cm³/mol. The molecule has 3 aromatic carbocycles. The normalized spacial score (nSPS) is 13.5. The summed E-state index contributed by atoms with van der Waals surface area (Å²) in [4.78, 5) is 12.8. The van der Waals surface area contributed by atoms with Crippen LogP contribution in [-0.4, -0.2) is 20.9 Å². The Bertz CT molecular complexity index is 1220. The lowest BCUT2D eigenvalue weighted by atomic mass is 10.0. The van der Waals surface area contributed by atoms with E-state index in [0.29, 0.717) is 29.2 Å². The zero-order valence-corrected chi connectivity index (χ0v) is 18.6. The van der Waals surface area contributed by atoms with Crippen molar-refractivity contribution in [1.29, 1.82) is 0 Å². The van der Waals surface area contributed by atoms with Crippen LogP contribution in [-0.2, 0) is 27.7 Å². The molecule has 160 valence electrons. The monoisotopic (exact) mass is 434 g/mol. The third kappa shape index (κ3) is 4.64. The number of carbonyl (C=O) groups is 1. The van der Waals surface area contributed by atoms with E-state index in [1.54, 1.807) is 24.3 Å². The molecule has 0 saturated carbocycles. The van der Waals surface area contributed by atoms with E-state index in [4.69, 9.17) is 0 Å². The number of anilines is 2. The van der Waals surface area contributed by atoms with Crippen molar-refractivity contribution in [3.63, 3.8) is 0 Å². The molecule has 0 atom stereocenters. The summed E-state index contributed by atoms with van der Waals surface area (Å²) in [6, 6.07) is 20.3. The fourth-order valence-corrected chi connectivity index (χ4v) is 5.48. The number of benzene rings is 3. The van der Waals surface area contributed by atoms with Gasteiger partial charge in [0.05, 0.1) is 17.0 Å². The van der Waals surface area contributed by atoms with Crippen LogP contribution in [0.5, 0.6) is 0 Å². The van der Waals surface area contributed by atoms with Gasteiger partial charge in [0.15, 0.2) is 0 Å². The van der Waals surface area contributed by atoms with Crippen molar-refractivity contribution in [2.45, 2.75) is 38.0 Å². The van der Waals surface area contributed by atoms with Crippen LogP contribution in [0.25, 0.3) is 0 Å². The molecule has 1 aliphatic heterocycles. The van der Waals surface area contributed by atoms with E-state index >= 15 is 0 Å². The molecule has 0 unspecified atom stereocenters. The topological polar surface area (TPSA) is 66.5 Å². The Kier molecular flexibility index (Phi) is 5.83. The Labute approximate surface area is 183 Å². The summed E-state index contributed by atoms with van der Waals surface area (Å²) in [5.74, 6) is -0.0921. The standard InChI is InChI=1S/C25H26N2O3S/c1-18-8-11-23(12-9-18)31(29,30)27-14-4-7-21-17-22(10-13-24(21)27)26-25(28)16-20-6-3-5-19(2)15-20/h3,5-6,8-13,15,17H,4,7,14,16H2,1-2H3,(H,26,28). The molecule has 1 amide bonds. The van der Waals surface area contributed by atoms with E-state index in [0.717, 1.165) is 35.1 Å². The number of aryl methyl sites for hydroxylation is 3. The van der Waals surface area contributed by atoms with E-state index in [1.165, 1.54) is 4.31 Å². The second kappa shape index (κ2) is 8.55. The number of amides is 1. The average molecular weight is 435 g/mol. The number of nitrogens with zero attached hydrogens (tertiary/aromatic N) is 1. The molecule has 31 heavy (non-hydrogen) atoms. The van der Waals surface area contributed by atoms with Crippen molar-refractivity contribution in [3.8, 4) is 0 Å². The van der Waals surface area contributed by atoms with Gasteiger partial charge in [0.25, 0.3) is 10.0 Å². The molecular weight excluding hydrogens is 408 g/mol. The number of hydrogen-bond acceptors (Lipinski definition) is 3. The predicted octanol–water partition coefficient (Wildman–Crippen LogP) is 4.63. The SMILES string of the molecule is Cc1ccc(S(=O)(=O)N2CCCc3cc(NC(=O)Cc4cccc(C)c4)ccc32)cc1. The molecular formula is C25H26N2O3S. The molecule has 5 nitrogen and oxygen atoms in total. The van der Waals surface area contributed by atoms with Crippen molar-refractivity contribution in [2.75, 3.05) is 16.2 Å². The summed E-state index contributed by atoms with van der Waals surface area (Å²) >= 11 is 0. The largest absolute Gasteiger partial charge is 0.326 e. The zero-order chi connectivity index (χ0) is 22.0. The summed E-state index contributed by atoms with van der Waals surface area (Å²) in [5.41, 5.74) is 5.40. The first-order valence-corrected chi connectivity index (χ1v) is 11.8. The maximum absolute atomic E-state index is 13.2. The Morgan fingerprint density at radius 3 is 2.48 bits per heavy atom. The maximum atomic E-state index is 13.2. The highest BCUT2D eigenvalue weighted by atomic mass is 32.2. The van der Waals surface area contributed by atoms with Gasteiger partial charge in [-0.25, -0.2) is 8.42 Å². The second-order valence-corrected chi connectivity index (χ2v) is 9.91. The van der Waals surface area contributed by atoms with E-state index in [9.17, 15) is 13.2 Å². The van der Waals surface area contributed by atoms with Gasteiger partial charge in [-0.1, -0.05) is 47.5 Å². The van der Waals surface area contributed by atoms with Gasteiger partial charge in [-0.3, -0.25) is 9.10 Å². The minimum atomic E-state index is -3.63. The van der Waals surface area contributed by atoms with Crippen molar-refractivity contribution >= 4 is 27.3 Å². The Morgan fingerprint density at radius 1 is 0.968 bits per heavy atom. The van der Waals surface area contributed by atoms with Crippen LogP contribution in [0.4, 0.5) is 11.4 Å². The second-order valence-electron chi connectivity index (χ2n) is 8.05. The molecule has 4 rings (SSSR count). The number of fused-ring (bicyclic) bond motifs is 1. The van der Waals surface area contributed by atoms with Gasteiger partial charge in [0.1, 0.15) is 0 Å². The summed E-state index contributed by atoms with van der Waals surface area (Å²) in [7, 11) is -3.63. The molecule has 6 heteroatoms. The molecule has 1 N–H and O–H groups in total. The highest BCUT2D eigenvalue weighted by Gasteiger charge is 2.29. The maximum Gasteiger partial charge on any atom is 0.264 e. The van der Waals surface area contributed by atoms with Crippen LogP contribution >= 0.6 is 0 Å². The van der Waals surface area contributed by atoms with Crippen LogP contribution in [0.15, 0.2) is 71.6 Å². The van der Waals surface area contributed by atoms with Crippen molar-refractivity contribution in [3.05, 3.63) is 89.0 Å². The molecule has 0 aromatic heterocycles. The first kappa shape index (κ1) is 21.1. The third-order valence-corrected chi connectivity index (χ3v) is 7.32. The Hall–Kier alpha value is -3.12. The molecule has 1 heterocycles. The fraction of sp³-hybridized carbons (Fsp3) is 0.240. The third-order valence-electron chi connectivity index (χ3n) is 5.50. The van der Waals surface area contributed by atoms with Crippen LogP contribution in [0.3, 0.4) is 0 Å². The number of carbonyl (C=O) groups excluding carboxylic acids is 1. The molecule has 1 aliphatic rings. The van der Waals surface area contributed by atoms with Crippen LogP contribution < -0.4 is 9.62 Å². The molecule has 0 saturated heterocycles. The Morgan fingerprint density at radius 2 is 1.74 bits per heavy atom. The molecule has 0 fully saturated rings. The lowest BCUT2D eigenvalue weighted by molar-refractivity contribution is -0.115. The summed E-state index contributed by atoms with van der Waals surface area (Å²) in [6.07, 6.45) is 1.81. The summed E-state index contributed by atoms with van der Waals surface area (Å²) in [5, 5.41) is 2.94. The molecule has 0 radical (unpaired) electrons. The van der Waals surface area contributed by atoms with Gasteiger partial charge >= 0.3 is 0 Å². The van der Waals surface area contributed by atoms with Crippen LogP contribution in [0.2, 0.25) is 0 Å². The first-order valence-electron chi connectivity index (χ1n) is 10.4. The minimum Gasteiger partial charge on any atom is -0.326 e. The van der Waals surface area contributed by atoms with Crippen molar-refractivity contribution < 1.29 is 13.2 Å². The lowest BCUT2D eigenvalue weighted by Crippen LogP contribution is -2.35. The number of rotatable bonds is 5. The van der Waals surface area contributed by atoms with Gasteiger partial charge < -0.3 is 5.32 Å². The summed E-state index contributed by atoms with van der Waals surface area (Å²) < 4.78 is 27.9. The summed E-state index contributed by atoms with van der Waals surface area (Å²) in [6.45, 7) is 4.38. The fourth-order valence-electron chi connectivity index (χ4n) is 3.94.